The summed E-state index contributed by atoms with van der Waals surface area (Å²) >= 11 is 1.41. The third-order valence-electron chi connectivity index (χ3n) is 5.79. The molecule has 0 fully saturated rings. The van der Waals surface area contributed by atoms with E-state index in [9.17, 15) is 8.78 Å². The first kappa shape index (κ1) is 23.9. The summed E-state index contributed by atoms with van der Waals surface area (Å²) in [4.78, 5) is 13.0. The summed E-state index contributed by atoms with van der Waals surface area (Å²) in [6.45, 7) is 5.89. The minimum Gasteiger partial charge on any atom is -0.352 e. The standard InChI is InChI=1S/C25H24F2N8S/c1-3-28-15(2)19-13-30-22(27)12-18(19)17-6-4-5-16-11-21(36-24(16)17)23-20(26)14-31-25(33-23)29-7-9-35-10-8-32-34-35/h4-6,8,10-15,28H,3,7,9H2,1-2H3,(H,29,31,33)/t15-/m0/s1. The molecule has 36 heavy (non-hydrogen) atoms. The number of hydrogen-bond donors (Lipinski definition) is 2. The van der Waals surface area contributed by atoms with Crippen molar-refractivity contribution >= 4 is 27.4 Å². The number of nitrogens with zero attached hydrogens (tertiary/aromatic N) is 6. The van der Waals surface area contributed by atoms with E-state index in [2.05, 4.69) is 35.9 Å². The first-order valence-electron chi connectivity index (χ1n) is 11.6. The molecule has 0 aliphatic rings. The number of benzene rings is 1. The third kappa shape index (κ3) is 4.93. The van der Waals surface area contributed by atoms with Crippen LogP contribution in [0.1, 0.15) is 25.5 Å². The summed E-state index contributed by atoms with van der Waals surface area (Å²) in [5.41, 5.74) is 2.73. The fourth-order valence-electron chi connectivity index (χ4n) is 4.09. The third-order valence-corrected chi connectivity index (χ3v) is 6.98. The number of pyridine rings is 1. The van der Waals surface area contributed by atoms with Gasteiger partial charge in [0.05, 0.1) is 23.8 Å². The Hall–Kier alpha value is -3.83. The van der Waals surface area contributed by atoms with Crippen LogP contribution in [0.25, 0.3) is 31.8 Å². The Morgan fingerprint density at radius 3 is 2.81 bits per heavy atom. The van der Waals surface area contributed by atoms with E-state index in [1.807, 2.05) is 38.1 Å². The first-order valence-corrected chi connectivity index (χ1v) is 12.4. The predicted molar refractivity (Wildman–Crippen MR) is 137 cm³/mol. The van der Waals surface area contributed by atoms with Gasteiger partial charge in [0.2, 0.25) is 11.9 Å². The summed E-state index contributed by atoms with van der Waals surface area (Å²) in [6, 6.07) is 9.17. The minimum absolute atomic E-state index is 0.0155. The van der Waals surface area contributed by atoms with Crippen molar-refractivity contribution in [2.75, 3.05) is 18.4 Å². The summed E-state index contributed by atoms with van der Waals surface area (Å²) in [5, 5.41) is 15.1. The van der Waals surface area contributed by atoms with Crippen LogP contribution in [0.4, 0.5) is 14.7 Å². The molecule has 0 spiro atoms. The molecular formula is C25H24F2N8S. The highest BCUT2D eigenvalue weighted by Crippen LogP contribution is 2.41. The molecule has 2 N–H and O–H groups in total. The average molecular weight is 507 g/mol. The van der Waals surface area contributed by atoms with Crippen LogP contribution in [0.3, 0.4) is 0 Å². The van der Waals surface area contributed by atoms with Gasteiger partial charge in [-0.25, -0.2) is 19.3 Å². The van der Waals surface area contributed by atoms with Crippen LogP contribution in [0.15, 0.2) is 55.1 Å². The van der Waals surface area contributed by atoms with Crippen molar-refractivity contribution < 1.29 is 8.78 Å². The van der Waals surface area contributed by atoms with Crippen molar-refractivity contribution in [3.8, 4) is 21.7 Å². The summed E-state index contributed by atoms with van der Waals surface area (Å²) in [7, 11) is 0. The molecule has 4 aromatic heterocycles. The smallest absolute Gasteiger partial charge is 0.223 e. The van der Waals surface area contributed by atoms with Gasteiger partial charge in [0, 0.05) is 41.3 Å². The molecule has 1 aromatic carbocycles. The highest BCUT2D eigenvalue weighted by molar-refractivity contribution is 7.22. The van der Waals surface area contributed by atoms with Gasteiger partial charge in [0.25, 0.3) is 0 Å². The van der Waals surface area contributed by atoms with E-state index in [4.69, 9.17) is 0 Å². The lowest BCUT2D eigenvalue weighted by Crippen LogP contribution is -2.18. The van der Waals surface area contributed by atoms with Gasteiger partial charge in [-0.05, 0) is 36.0 Å². The van der Waals surface area contributed by atoms with E-state index in [0.29, 0.717) is 23.9 Å². The molecule has 0 aliphatic heterocycles. The van der Waals surface area contributed by atoms with Crippen LogP contribution in [0, 0.1) is 11.8 Å². The molecule has 4 heterocycles. The molecule has 0 amide bonds. The van der Waals surface area contributed by atoms with Gasteiger partial charge in [-0.2, -0.15) is 4.39 Å². The molecule has 0 radical (unpaired) electrons. The SMILES string of the molecule is CCN[C@@H](C)c1cnc(F)cc1-c1cccc2cc(-c3nc(NCCn4ccnn4)ncc3F)sc12. The maximum atomic E-state index is 14.8. The monoisotopic (exact) mass is 506 g/mol. The van der Waals surface area contributed by atoms with Gasteiger partial charge >= 0.3 is 0 Å². The summed E-state index contributed by atoms with van der Waals surface area (Å²) in [5.74, 6) is -0.738. The maximum Gasteiger partial charge on any atom is 0.223 e. The van der Waals surface area contributed by atoms with Crippen molar-refractivity contribution in [2.45, 2.75) is 26.4 Å². The molecule has 11 heteroatoms. The Morgan fingerprint density at radius 1 is 1.11 bits per heavy atom. The van der Waals surface area contributed by atoms with Gasteiger partial charge in [0.15, 0.2) is 5.82 Å². The Balaban J connectivity index is 1.50. The Labute approximate surface area is 210 Å². The average Bonchev–Trinajstić information content (AvgIpc) is 3.55. The molecule has 0 bridgehead atoms. The predicted octanol–water partition coefficient (Wildman–Crippen LogP) is 5.07. The van der Waals surface area contributed by atoms with Gasteiger partial charge in [0.1, 0.15) is 5.69 Å². The molecule has 1 atom stereocenters. The van der Waals surface area contributed by atoms with Crippen LogP contribution in [0.5, 0.6) is 0 Å². The van der Waals surface area contributed by atoms with Crippen molar-refractivity contribution in [1.29, 1.82) is 0 Å². The number of anilines is 1. The largest absolute Gasteiger partial charge is 0.352 e. The fourth-order valence-corrected chi connectivity index (χ4v) is 5.26. The lowest BCUT2D eigenvalue weighted by Gasteiger charge is -2.17. The van der Waals surface area contributed by atoms with Crippen molar-refractivity contribution in [2.24, 2.45) is 0 Å². The van der Waals surface area contributed by atoms with Crippen molar-refractivity contribution in [3.05, 3.63) is 72.4 Å². The highest BCUT2D eigenvalue weighted by Gasteiger charge is 2.19. The Bertz CT molecular complexity index is 1490. The van der Waals surface area contributed by atoms with Crippen LogP contribution < -0.4 is 10.6 Å². The zero-order chi connectivity index (χ0) is 25.1. The second-order valence-electron chi connectivity index (χ2n) is 8.19. The fraction of sp³-hybridized carbons (Fsp3) is 0.240. The number of rotatable bonds is 9. The highest BCUT2D eigenvalue weighted by atomic mass is 32.1. The molecule has 5 rings (SSSR count). The number of fused-ring (bicyclic) bond motifs is 1. The number of aromatic nitrogens is 6. The van der Waals surface area contributed by atoms with Crippen LogP contribution in [-0.2, 0) is 6.54 Å². The quantitative estimate of drug-likeness (QED) is 0.270. The summed E-state index contributed by atoms with van der Waals surface area (Å²) < 4.78 is 31.7. The van der Waals surface area contributed by atoms with Crippen molar-refractivity contribution in [1.82, 2.24) is 35.3 Å². The van der Waals surface area contributed by atoms with E-state index in [0.717, 1.165) is 33.3 Å². The number of nitrogens with one attached hydrogen (secondary N) is 2. The molecular weight excluding hydrogens is 482 g/mol. The van der Waals surface area contributed by atoms with Crippen LogP contribution >= 0.6 is 11.3 Å². The van der Waals surface area contributed by atoms with Gasteiger partial charge in [-0.15, -0.1) is 16.4 Å². The molecule has 0 saturated carbocycles. The molecule has 0 unspecified atom stereocenters. The topological polar surface area (TPSA) is 93.4 Å². The van der Waals surface area contributed by atoms with Crippen LogP contribution in [-0.4, -0.2) is 43.0 Å². The van der Waals surface area contributed by atoms with E-state index in [-0.39, 0.29) is 11.7 Å². The number of thiophene rings is 1. The maximum absolute atomic E-state index is 14.8. The van der Waals surface area contributed by atoms with E-state index >= 15 is 0 Å². The van der Waals surface area contributed by atoms with Gasteiger partial charge in [-0.1, -0.05) is 30.3 Å². The molecule has 8 nitrogen and oxygen atoms in total. The van der Waals surface area contributed by atoms with Crippen molar-refractivity contribution in [3.63, 3.8) is 0 Å². The molecule has 184 valence electrons. The normalized spacial score (nSPS) is 12.2. The Morgan fingerprint density at radius 2 is 2.00 bits per heavy atom. The number of hydrogen-bond acceptors (Lipinski definition) is 8. The molecule has 0 saturated heterocycles. The second kappa shape index (κ2) is 10.4. The molecule has 5 aromatic rings. The van der Waals surface area contributed by atoms with E-state index < -0.39 is 11.8 Å². The second-order valence-corrected chi connectivity index (χ2v) is 9.24. The van der Waals surface area contributed by atoms with E-state index in [1.165, 1.54) is 23.6 Å². The minimum atomic E-state index is -0.547. The number of halogens is 2. The van der Waals surface area contributed by atoms with Crippen LogP contribution in [0.2, 0.25) is 0 Å². The summed E-state index contributed by atoms with van der Waals surface area (Å²) in [6.07, 6.45) is 6.10. The zero-order valence-electron chi connectivity index (χ0n) is 19.7. The van der Waals surface area contributed by atoms with E-state index in [1.54, 1.807) is 23.3 Å². The zero-order valence-corrected chi connectivity index (χ0v) is 20.6. The first-order chi connectivity index (χ1) is 17.5. The molecule has 0 aliphatic carbocycles. The Kier molecular flexibility index (Phi) is 6.92. The van der Waals surface area contributed by atoms with Gasteiger partial charge in [-0.3, -0.25) is 4.68 Å². The lowest BCUT2D eigenvalue weighted by molar-refractivity contribution is 0.568. The lowest BCUT2D eigenvalue weighted by atomic mass is 9.96. The van der Waals surface area contributed by atoms with Gasteiger partial charge < -0.3 is 10.6 Å².